The third kappa shape index (κ3) is 4.56. The van der Waals surface area contributed by atoms with Crippen molar-refractivity contribution in [1.29, 1.82) is 0 Å². The number of benzene rings is 2. The van der Waals surface area contributed by atoms with Crippen LogP contribution in [0.2, 0.25) is 0 Å². The molecule has 2 aromatic carbocycles. The molecule has 0 spiro atoms. The Morgan fingerprint density at radius 3 is 2.09 bits per heavy atom. The SMILES string of the molecule is COc1c(Br)cc(Br)cc1C(=O)Nc1ccc(NC(C)=O)cc1. The van der Waals surface area contributed by atoms with Crippen LogP contribution in [0.5, 0.6) is 5.75 Å². The van der Waals surface area contributed by atoms with Crippen LogP contribution in [0.25, 0.3) is 0 Å². The molecule has 2 aromatic rings. The predicted octanol–water partition coefficient (Wildman–Crippen LogP) is 4.43. The number of hydrogen-bond donors (Lipinski definition) is 2. The first kappa shape index (κ1) is 17.5. The van der Waals surface area contributed by atoms with E-state index >= 15 is 0 Å². The van der Waals surface area contributed by atoms with Crippen LogP contribution in [0.1, 0.15) is 17.3 Å². The Kier molecular flexibility index (Phi) is 5.79. The zero-order valence-corrected chi connectivity index (χ0v) is 15.6. The molecule has 2 amide bonds. The first-order chi connectivity index (χ1) is 10.9. The highest BCUT2D eigenvalue weighted by molar-refractivity contribution is 9.11. The molecule has 120 valence electrons. The van der Waals surface area contributed by atoms with Gasteiger partial charge in [0.15, 0.2) is 0 Å². The van der Waals surface area contributed by atoms with E-state index in [2.05, 4.69) is 42.5 Å². The molecule has 0 aromatic heterocycles. The molecule has 0 atom stereocenters. The Morgan fingerprint density at radius 1 is 1.00 bits per heavy atom. The fraction of sp³-hybridized carbons (Fsp3) is 0.125. The van der Waals surface area contributed by atoms with Crippen LogP contribution < -0.4 is 15.4 Å². The van der Waals surface area contributed by atoms with Gasteiger partial charge < -0.3 is 15.4 Å². The topological polar surface area (TPSA) is 67.4 Å². The van der Waals surface area contributed by atoms with Crippen LogP contribution in [0, 0.1) is 0 Å². The van der Waals surface area contributed by atoms with Crippen LogP contribution in [0.3, 0.4) is 0 Å². The van der Waals surface area contributed by atoms with Crippen LogP contribution >= 0.6 is 31.9 Å². The lowest BCUT2D eigenvalue weighted by atomic mass is 10.2. The summed E-state index contributed by atoms with van der Waals surface area (Å²) in [6, 6.07) is 10.3. The normalized spacial score (nSPS) is 10.1. The molecule has 0 bridgehead atoms. The molecular formula is C16H14Br2N2O3. The third-order valence-corrected chi connectivity index (χ3v) is 3.97. The van der Waals surface area contributed by atoms with Crippen molar-refractivity contribution in [3.05, 3.63) is 50.9 Å². The number of nitrogens with one attached hydrogen (secondary N) is 2. The molecule has 0 heterocycles. The van der Waals surface area contributed by atoms with Gasteiger partial charge in [0.1, 0.15) is 5.75 Å². The summed E-state index contributed by atoms with van der Waals surface area (Å²) in [5.74, 6) is 0.0159. The highest BCUT2D eigenvalue weighted by atomic mass is 79.9. The molecule has 0 aliphatic rings. The number of halogens is 2. The maximum atomic E-state index is 12.5. The number of carbonyl (C=O) groups excluding carboxylic acids is 2. The van der Waals surface area contributed by atoms with Gasteiger partial charge >= 0.3 is 0 Å². The third-order valence-electron chi connectivity index (χ3n) is 2.92. The van der Waals surface area contributed by atoms with Gasteiger partial charge in [0.05, 0.1) is 17.1 Å². The number of amides is 2. The zero-order chi connectivity index (χ0) is 17.0. The van der Waals surface area contributed by atoms with E-state index in [9.17, 15) is 9.59 Å². The standard InChI is InChI=1S/C16H14Br2N2O3/c1-9(21)19-11-3-5-12(6-4-11)20-16(22)13-7-10(17)8-14(18)15(13)23-2/h3-8H,1-2H3,(H,19,21)(H,20,22). The number of methoxy groups -OCH3 is 1. The smallest absolute Gasteiger partial charge is 0.259 e. The van der Waals surface area contributed by atoms with Gasteiger partial charge in [0.2, 0.25) is 5.91 Å². The van der Waals surface area contributed by atoms with Crippen molar-refractivity contribution >= 4 is 55.0 Å². The van der Waals surface area contributed by atoms with Gasteiger partial charge in [-0.2, -0.15) is 0 Å². The fourth-order valence-corrected chi connectivity index (χ4v) is 3.36. The molecule has 0 fully saturated rings. The Bertz CT molecular complexity index is 746. The van der Waals surface area contributed by atoms with Crippen molar-refractivity contribution in [2.45, 2.75) is 6.92 Å². The highest BCUT2D eigenvalue weighted by Crippen LogP contribution is 2.33. The van der Waals surface area contributed by atoms with E-state index in [-0.39, 0.29) is 11.8 Å². The second kappa shape index (κ2) is 7.61. The lowest BCUT2D eigenvalue weighted by Crippen LogP contribution is -2.13. The van der Waals surface area contributed by atoms with E-state index < -0.39 is 0 Å². The first-order valence-electron chi connectivity index (χ1n) is 6.62. The summed E-state index contributed by atoms with van der Waals surface area (Å²) in [5, 5.41) is 5.46. The molecule has 7 heteroatoms. The summed E-state index contributed by atoms with van der Waals surface area (Å²) in [4.78, 5) is 23.5. The van der Waals surface area contributed by atoms with Crippen molar-refractivity contribution < 1.29 is 14.3 Å². The minimum Gasteiger partial charge on any atom is -0.495 e. The minimum atomic E-state index is -0.295. The molecule has 0 saturated heterocycles. The summed E-state index contributed by atoms with van der Waals surface area (Å²) in [7, 11) is 1.51. The van der Waals surface area contributed by atoms with Crippen molar-refractivity contribution in [2.75, 3.05) is 17.7 Å². The monoisotopic (exact) mass is 440 g/mol. The van der Waals surface area contributed by atoms with Crippen molar-refractivity contribution in [3.8, 4) is 5.75 Å². The van der Waals surface area contributed by atoms with Gasteiger partial charge in [-0.25, -0.2) is 0 Å². The Hall–Kier alpha value is -1.86. The minimum absolute atomic E-state index is 0.148. The Balaban J connectivity index is 2.21. The second-order valence-electron chi connectivity index (χ2n) is 4.68. The van der Waals surface area contributed by atoms with Gasteiger partial charge in [0.25, 0.3) is 5.91 Å². The van der Waals surface area contributed by atoms with E-state index in [0.29, 0.717) is 27.2 Å². The Morgan fingerprint density at radius 2 is 1.57 bits per heavy atom. The van der Waals surface area contributed by atoms with Crippen LogP contribution in [-0.2, 0) is 4.79 Å². The van der Waals surface area contributed by atoms with Crippen LogP contribution in [0.15, 0.2) is 45.3 Å². The van der Waals surface area contributed by atoms with E-state index in [1.807, 2.05) is 0 Å². The average molecular weight is 442 g/mol. The number of carbonyl (C=O) groups is 2. The van der Waals surface area contributed by atoms with Gasteiger partial charge in [0, 0.05) is 22.8 Å². The fourth-order valence-electron chi connectivity index (χ4n) is 1.98. The maximum absolute atomic E-state index is 12.5. The van der Waals surface area contributed by atoms with Crippen molar-refractivity contribution in [3.63, 3.8) is 0 Å². The van der Waals surface area contributed by atoms with Crippen LogP contribution in [0.4, 0.5) is 11.4 Å². The van der Waals surface area contributed by atoms with Gasteiger partial charge in [-0.05, 0) is 52.3 Å². The second-order valence-corrected chi connectivity index (χ2v) is 6.45. The van der Waals surface area contributed by atoms with Crippen LogP contribution in [-0.4, -0.2) is 18.9 Å². The van der Waals surface area contributed by atoms with E-state index in [1.165, 1.54) is 14.0 Å². The van der Waals surface area contributed by atoms with E-state index in [1.54, 1.807) is 36.4 Å². The molecule has 2 N–H and O–H groups in total. The summed E-state index contributed by atoms with van der Waals surface area (Å²) < 4.78 is 6.72. The summed E-state index contributed by atoms with van der Waals surface area (Å²) in [5.41, 5.74) is 1.68. The largest absolute Gasteiger partial charge is 0.495 e. The highest BCUT2D eigenvalue weighted by Gasteiger charge is 2.16. The molecule has 0 radical (unpaired) electrons. The number of ether oxygens (including phenoxy) is 1. The Labute approximate surface area is 150 Å². The lowest BCUT2D eigenvalue weighted by Gasteiger charge is -2.12. The molecule has 0 unspecified atom stereocenters. The quantitative estimate of drug-likeness (QED) is 0.737. The lowest BCUT2D eigenvalue weighted by molar-refractivity contribution is -0.114. The number of rotatable bonds is 4. The molecular weight excluding hydrogens is 428 g/mol. The van der Waals surface area contributed by atoms with Gasteiger partial charge in [-0.1, -0.05) is 15.9 Å². The summed E-state index contributed by atoms with van der Waals surface area (Å²) >= 11 is 6.73. The molecule has 5 nitrogen and oxygen atoms in total. The zero-order valence-electron chi connectivity index (χ0n) is 12.4. The molecule has 0 aliphatic heterocycles. The van der Waals surface area contributed by atoms with Crippen molar-refractivity contribution in [1.82, 2.24) is 0 Å². The summed E-state index contributed by atoms with van der Waals surface area (Å²) in [6.45, 7) is 1.44. The maximum Gasteiger partial charge on any atom is 0.259 e. The van der Waals surface area contributed by atoms with Gasteiger partial charge in [-0.15, -0.1) is 0 Å². The van der Waals surface area contributed by atoms with Gasteiger partial charge in [-0.3, -0.25) is 9.59 Å². The van der Waals surface area contributed by atoms with E-state index in [0.717, 1.165) is 4.47 Å². The molecule has 0 aliphatic carbocycles. The first-order valence-corrected chi connectivity index (χ1v) is 8.21. The van der Waals surface area contributed by atoms with Crippen molar-refractivity contribution in [2.24, 2.45) is 0 Å². The van der Waals surface area contributed by atoms with E-state index in [4.69, 9.17) is 4.74 Å². The molecule has 23 heavy (non-hydrogen) atoms. The number of anilines is 2. The predicted molar refractivity (Wildman–Crippen MR) is 97.1 cm³/mol. The molecule has 0 saturated carbocycles. The summed E-state index contributed by atoms with van der Waals surface area (Å²) in [6.07, 6.45) is 0. The molecule has 2 rings (SSSR count). The number of hydrogen-bond acceptors (Lipinski definition) is 3. The average Bonchev–Trinajstić information content (AvgIpc) is 2.48.